The Morgan fingerprint density at radius 3 is 1.91 bits per heavy atom. The topological polar surface area (TPSA) is 0 Å². The summed E-state index contributed by atoms with van der Waals surface area (Å²) in [5, 5.41) is 0. The van der Waals surface area contributed by atoms with Crippen LogP contribution in [0.3, 0.4) is 0 Å². The molecule has 4 aromatic heterocycles. The van der Waals surface area contributed by atoms with Crippen LogP contribution in [0, 0.1) is 27.7 Å². The summed E-state index contributed by atoms with van der Waals surface area (Å²) in [5.41, 5.74) is 2.92. The van der Waals surface area contributed by atoms with Crippen molar-refractivity contribution < 1.29 is 0 Å². The van der Waals surface area contributed by atoms with E-state index in [1.165, 1.54) is 49.8 Å². The molecule has 0 aliphatic rings. The molecule has 22 heavy (non-hydrogen) atoms. The van der Waals surface area contributed by atoms with Crippen LogP contribution in [0.5, 0.6) is 0 Å². The van der Waals surface area contributed by atoms with Crippen molar-refractivity contribution in [1.29, 1.82) is 0 Å². The predicted octanol–water partition coefficient (Wildman–Crippen LogP) is 7.65. The number of fused-ring (bicyclic) bond motifs is 1. The van der Waals surface area contributed by atoms with Crippen LogP contribution < -0.4 is 0 Å². The van der Waals surface area contributed by atoms with E-state index in [0.29, 0.717) is 0 Å². The molecule has 0 aliphatic heterocycles. The second-order valence-electron chi connectivity index (χ2n) is 5.57. The summed E-state index contributed by atoms with van der Waals surface area (Å²) < 4.78 is 2.97. The minimum atomic E-state index is 1.38. The summed E-state index contributed by atoms with van der Waals surface area (Å²) >= 11 is 7.71. The molecule has 0 fully saturated rings. The molecule has 0 radical (unpaired) electrons. The van der Waals surface area contributed by atoms with Crippen LogP contribution in [-0.2, 0) is 0 Å². The van der Waals surface area contributed by atoms with Gasteiger partial charge in [0.25, 0.3) is 0 Å². The summed E-state index contributed by atoms with van der Waals surface area (Å²) in [6, 6.07) is 9.01. The number of thiophene rings is 4. The van der Waals surface area contributed by atoms with Gasteiger partial charge < -0.3 is 0 Å². The molecule has 0 atom stereocenters. The van der Waals surface area contributed by atoms with Gasteiger partial charge in [-0.1, -0.05) is 0 Å². The molecular weight excluding hydrogens is 344 g/mol. The highest BCUT2D eigenvalue weighted by Gasteiger charge is 2.17. The van der Waals surface area contributed by atoms with E-state index in [1.807, 2.05) is 45.3 Å². The van der Waals surface area contributed by atoms with Crippen LogP contribution in [0.25, 0.3) is 28.9 Å². The standard InChI is InChI=1S/C18H16S4/c1-9-5-6-13(19-9)14-7-8-15(21-14)16-11(3)18-17(22-16)10(2)12(4)20-18/h5-8H,1-4H3. The first-order chi connectivity index (χ1) is 10.5. The van der Waals surface area contributed by atoms with Crippen molar-refractivity contribution in [3.63, 3.8) is 0 Å². The summed E-state index contributed by atoms with van der Waals surface area (Å²) in [6.07, 6.45) is 0. The minimum Gasteiger partial charge on any atom is -0.140 e. The first-order valence-electron chi connectivity index (χ1n) is 7.20. The number of hydrogen-bond acceptors (Lipinski definition) is 4. The Kier molecular flexibility index (Phi) is 3.53. The van der Waals surface area contributed by atoms with E-state index in [9.17, 15) is 0 Å². The molecular formula is C18H16S4. The van der Waals surface area contributed by atoms with E-state index in [1.54, 1.807) is 0 Å². The molecule has 4 rings (SSSR count). The first kappa shape index (κ1) is 14.6. The fourth-order valence-corrected chi connectivity index (χ4v) is 7.48. The van der Waals surface area contributed by atoms with Crippen molar-refractivity contribution >= 4 is 54.7 Å². The summed E-state index contributed by atoms with van der Waals surface area (Å²) in [4.78, 5) is 8.47. The van der Waals surface area contributed by atoms with Crippen LogP contribution in [-0.4, -0.2) is 0 Å². The normalized spacial score (nSPS) is 11.6. The average Bonchev–Trinajstić information content (AvgIpc) is 3.22. The first-order valence-corrected chi connectivity index (χ1v) is 10.5. The maximum absolute atomic E-state index is 2.29. The molecule has 0 N–H and O–H groups in total. The lowest BCUT2D eigenvalue weighted by atomic mass is 10.2. The predicted molar refractivity (Wildman–Crippen MR) is 105 cm³/mol. The quantitative estimate of drug-likeness (QED) is 0.344. The summed E-state index contributed by atoms with van der Waals surface area (Å²) in [7, 11) is 0. The Morgan fingerprint density at radius 1 is 0.591 bits per heavy atom. The molecule has 0 nitrogen and oxygen atoms in total. The van der Waals surface area contributed by atoms with Crippen LogP contribution in [0.15, 0.2) is 24.3 Å². The van der Waals surface area contributed by atoms with Gasteiger partial charge in [-0.25, -0.2) is 0 Å². The molecule has 112 valence electrons. The maximum Gasteiger partial charge on any atom is 0.0493 e. The van der Waals surface area contributed by atoms with Crippen molar-refractivity contribution in [1.82, 2.24) is 0 Å². The van der Waals surface area contributed by atoms with Crippen LogP contribution in [0.4, 0.5) is 0 Å². The monoisotopic (exact) mass is 360 g/mol. The lowest BCUT2D eigenvalue weighted by Crippen LogP contribution is -1.68. The zero-order valence-electron chi connectivity index (χ0n) is 12.9. The maximum atomic E-state index is 2.29. The van der Waals surface area contributed by atoms with E-state index in [2.05, 4.69) is 52.0 Å². The molecule has 0 unspecified atom stereocenters. The molecule has 0 bridgehead atoms. The molecule has 4 aromatic rings. The highest BCUT2D eigenvalue weighted by molar-refractivity contribution is 7.32. The fourth-order valence-electron chi connectivity index (χ4n) is 2.65. The Morgan fingerprint density at radius 2 is 1.23 bits per heavy atom. The van der Waals surface area contributed by atoms with Gasteiger partial charge in [0.2, 0.25) is 0 Å². The molecule has 0 aliphatic carbocycles. The molecule has 0 spiro atoms. The lowest BCUT2D eigenvalue weighted by Gasteiger charge is -1.95. The third kappa shape index (κ3) is 2.21. The van der Waals surface area contributed by atoms with Crippen molar-refractivity contribution in [3.8, 4) is 19.5 Å². The van der Waals surface area contributed by atoms with Gasteiger partial charge in [0.1, 0.15) is 0 Å². The average molecular weight is 361 g/mol. The number of rotatable bonds is 2. The number of hydrogen-bond donors (Lipinski definition) is 0. The van der Waals surface area contributed by atoms with E-state index < -0.39 is 0 Å². The molecule has 0 saturated carbocycles. The second kappa shape index (κ2) is 5.31. The SMILES string of the molecule is Cc1ccc(-c2ccc(-c3sc4c(C)c(C)sc4c3C)s2)s1. The van der Waals surface area contributed by atoms with Crippen molar-refractivity contribution in [2.45, 2.75) is 27.7 Å². The Labute approximate surface area is 146 Å². The fraction of sp³-hybridized carbons (Fsp3) is 0.222. The summed E-state index contributed by atoms with van der Waals surface area (Å²) in [6.45, 7) is 8.93. The van der Waals surface area contributed by atoms with Gasteiger partial charge >= 0.3 is 0 Å². The van der Waals surface area contributed by atoms with Crippen LogP contribution in [0.1, 0.15) is 20.9 Å². The zero-order valence-corrected chi connectivity index (χ0v) is 16.2. The van der Waals surface area contributed by atoms with Gasteiger partial charge in [-0.2, -0.15) is 0 Å². The highest BCUT2D eigenvalue weighted by atomic mass is 32.1. The van der Waals surface area contributed by atoms with Crippen LogP contribution in [0.2, 0.25) is 0 Å². The largest absolute Gasteiger partial charge is 0.140 e. The van der Waals surface area contributed by atoms with Gasteiger partial charge in [0.05, 0.1) is 0 Å². The van der Waals surface area contributed by atoms with Crippen LogP contribution >= 0.6 is 45.3 Å². The molecule has 4 heterocycles. The van der Waals surface area contributed by atoms with Gasteiger partial charge in [-0.3, -0.25) is 0 Å². The van der Waals surface area contributed by atoms with Gasteiger partial charge in [0.15, 0.2) is 0 Å². The Balaban J connectivity index is 1.82. The molecule has 4 heteroatoms. The highest BCUT2D eigenvalue weighted by Crippen LogP contribution is 2.47. The number of aryl methyl sites for hydroxylation is 4. The smallest absolute Gasteiger partial charge is 0.0493 e. The molecule has 0 aromatic carbocycles. The van der Waals surface area contributed by atoms with Gasteiger partial charge in [-0.15, -0.1) is 45.3 Å². The Bertz CT molecular complexity index is 974. The van der Waals surface area contributed by atoms with E-state index >= 15 is 0 Å². The molecule has 0 amide bonds. The lowest BCUT2D eigenvalue weighted by molar-refractivity contribution is 1.48. The van der Waals surface area contributed by atoms with E-state index in [-0.39, 0.29) is 0 Å². The summed E-state index contributed by atoms with van der Waals surface area (Å²) in [5.74, 6) is 0. The van der Waals surface area contributed by atoms with Gasteiger partial charge in [-0.05, 0) is 63.1 Å². The third-order valence-corrected chi connectivity index (χ3v) is 9.36. The van der Waals surface area contributed by atoms with Crippen molar-refractivity contribution in [2.24, 2.45) is 0 Å². The van der Waals surface area contributed by atoms with Crippen molar-refractivity contribution in [3.05, 3.63) is 45.1 Å². The van der Waals surface area contributed by atoms with E-state index in [0.717, 1.165) is 0 Å². The third-order valence-electron chi connectivity index (χ3n) is 4.03. The zero-order chi connectivity index (χ0) is 15.4. The Hall–Kier alpha value is -0.940. The molecule has 0 saturated heterocycles. The van der Waals surface area contributed by atoms with Gasteiger partial charge in [0, 0.05) is 38.7 Å². The van der Waals surface area contributed by atoms with Crippen molar-refractivity contribution in [2.75, 3.05) is 0 Å². The minimum absolute atomic E-state index is 1.38. The second-order valence-corrected chi connectivity index (χ2v) is 10.2. The van der Waals surface area contributed by atoms with E-state index in [4.69, 9.17) is 0 Å².